The zero-order valence-corrected chi connectivity index (χ0v) is 9.04. The lowest BCUT2D eigenvalue weighted by Gasteiger charge is -2.04. The van der Waals surface area contributed by atoms with Crippen LogP contribution in [-0.4, -0.2) is 19.7 Å². The molecule has 0 aromatic rings. The van der Waals surface area contributed by atoms with Crippen LogP contribution in [0.15, 0.2) is 0 Å². The van der Waals surface area contributed by atoms with E-state index >= 15 is 0 Å². The van der Waals surface area contributed by atoms with Crippen molar-refractivity contribution < 1.29 is 13.7 Å². The summed E-state index contributed by atoms with van der Waals surface area (Å²) in [4.78, 5) is 0. The molecule has 1 atom stereocenters. The summed E-state index contributed by atoms with van der Waals surface area (Å²) in [6.45, 7) is 3.53. The molecule has 0 aromatic carbocycles. The third kappa shape index (κ3) is 9.99. The van der Waals surface area contributed by atoms with Gasteiger partial charge in [-0.3, -0.25) is 4.57 Å². The highest BCUT2D eigenvalue weighted by atomic mass is 31.1. The number of unbranched alkanes of at least 4 members (excludes halogenated alkanes) is 2. The van der Waals surface area contributed by atoms with Gasteiger partial charge in [-0.2, -0.15) is 5.48 Å². The first kappa shape index (κ1) is 13.1. The second-order valence-electron chi connectivity index (χ2n) is 2.59. The predicted octanol–water partition coefficient (Wildman–Crippen LogP) is 1.06. The molecule has 0 rings (SSSR count). The summed E-state index contributed by atoms with van der Waals surface area (Å²) in [5.41, 5.74) is 7.64. The van der Waals surface area contributed by atoms with Crippen molar-refractivity contribution in [3.05, 3.63) is 0 Å². The Kier molecular flexibility index (Phi) is 10.2. The van der Waals surface area contributed by atoms with Crippen molar-refractivity contribution in [2.45, 2.75) is 26.2 Å². The highest BCUT2D eigenvalue weighted by molar-refractivity contribution is 7.33. The maximum atomic E-state index is 10.9. The molecule has 3 N–H and O–H groups in total. The quantitative estimate of drug-likeness (QED) is 0.338. The smallest absolute Gasteiger partial charge is 0.329 e. The molecular weight excluding hydrogens is 191 g/mol. The molecule has 80 valence electrons. The van der Waals surface area contributed by atoms with E-state index in [0.717, 1.165) is 19.3 Å². The van der Waals surface area contributed by atoms with E-state index in [1.54, 1.807) is 0 Å². The predicted molar refractivity (Wildman–Crippen MR) is 52.6 cm³/mol. The van der Waals surface area contributed by atoms with Gasteiger partial charge in [0.1, 0.15) is 0 Å². The fraction of sp³-hybridized carbons (Fsp3) is 1.00. The Balaban J connectivity index is 3.11. The lowest BCUT2D eigenvalue weighted by atomic mass is 10.3. The fourth-order valence-electron chi connectivity index (χ4n) is 0.706. The van der Waals surface area contributed by atoms with Gasteiger partial charge in [0.15, 0.2) is 0 Å². The number of hydroxylamine groups is 1. The SMILES string of the molecule is CCCCCO[PH](=O)ONCCN. The van der Waals surface area contributed by atoms with Gasteiger partial charge in [-0.05, 0) is 6.42 Å². The second kappa shape index (κ2) is 10.2. The van der Waals surface area contributed by atoms with E-state index in [0.29, 0.717) is 19.7 Å². The molecule has 6 heteroatoms. The van der Waals surface area contributed by atoms with Crippen LogP contribution in [-0.2, 0) is 13.7 Å². The van der Waals surface area contributed by atoms with Crippen molar-refractivity contribution in [1.29, 1.82) is 0 Å². The zero-order valence-electron chi connectivity index (χ0n) is 8.04. The molecule has 0 bridgehead atoms. The molecule has 13 heavy (non-hydrogen) atoms. The van der Waals surface area contributed by atoms with Gasteiger partial charge in [-0.15, -0.1) is 0 Å². The molecule has 0 saturated carbocycles. The van der Waals surface area contributed by atoms with Crippen molar-refractivity contribution >= 4 is 8.25 Å². The molecular formula is C7H19N2O3P. The van der Waals surface area contributed by atoms with E-state index in [4.69, 9.17) is 10.3 Å². The van der Waals surface area contributed by atoms with Crippen molar-refractivity contribution in [2.75, 3.05) is 19.7 Å². The molecule has 0 aliphatic carbocycles. The van der Waals surface area contributed by atoms with E-state index in [1.807, 2.05) is 0 Å². The Hall–Kier alpha value is 0.0700. The number of rotatable bonds is 9. The molecule has 0 aromatic heterocycles. The average molecular weight is 210 g/mol. The highest BCUT2D eigenvalue weighted by Gasteiger charge is 1.97. The van der Waals surface area contributed by atoms with Crippen LogP contribution < -0.4 is 11.2 Å². The highest BCUT2D eigenvalue weighted by Crippen LogP contribution is 2.21. The fourth-order valence-corrected chi connectivity index (χ4v) is 1.30. The van der Waals surface area contributed by atoms with E-state index < -0.39 is 8.25 Å². The van der Waals surface area contributed by atoms with Gasteiger partial charge in [0.2, 0.25) is 0 Å². The number of nitrogens with two attached hydrogens (primary N) is 1. The summed E-state index contributed by atoms with van der Waals surface area (Å²) in [5, 5.41) is 0. The monoisotopic (exact) mass is 210 g/mol. The van der Waals surface area contributed by atoms with Gasteiger partial charge in [0.25, 0.3) is 0 Å². The minimum atomic E-state index is -2.36. The first-order chi connectivity index (χ1) is 6.31. The van der Waals surface area contributed by atoms with Crippen LogP contribution in [0.3, 0.4) is 0 Å². The van der Waals surface area contributed by atoms with Gasteiger partial charge in [-0.25, -0.2) is 4.62 Å². The summed E-state index contributed by atoms with van der Waals surface area (Å²) in [6.07, 6.45) is 3.13. The van der Waals surface area contributed by atoms with Gasteiger partial charge in [0.05, 0.1) is 6.61 Å². The minimum Gasteiger partial charge on any atom is -0.329 e. The van der Waals surface area contributed by atoms with Crippen molar-refractivity contribution in [1.82, 2.24) is 5.48 Å². The zero-order chi connectivity index (χ0) is 9.94. The lowest BCUT2D eigenvalue weighted by Crippen LogP contribution is -2.20. The van der Waals surface area contributed by atoms with E-state index in [2.05, 4.69) is 17.0 Å². The van der Waals surface area contributed by atoms with Crippen LogP contribution in [0.1, 0.15) is 26.2 Å². The topological polar surface area (TPSA) is 73.6 Å². The maximum absolute atomic E-state index is 10.9. The Labute approximate surface area is 79.9 Å². The number of hydrogen-bond donors (Lipinski definition) is 2. The van der Waals surface area contributed by atoms with Gasteiger partial charge in [0, 0.05) is 13.1 Å². The number of hydrogen-bond acceptors (Lipinski definition) is 5. The van der Waals surface area contributed by atoms with E-state index in [9.17, 15) is 4.57 Å². The second-order valence-corrected chi connectivity index (χ2v) is 3.58. The van der Waals surface area contributed by atoms with Gasteiger partial charge in [-0.1, -0.05) is 19.8 Å². The van der Waals surface area contributed by atoms with Crippen LogP contribution >= 0.6 is 8.25 Å². The summed E-state index contributed by atoms with van der Waals surface area (Å²) in [7, 11) is -2.36. The van der Waals surface area contributed by atoms with Crippen molar-refractivity contribution in [2.24, 2.45) is 5.73 Å². The van der Waals surface area contributed by atoms with Crippen LogP contribution in [0.5, 0.6) is 0 Å². The van der Waals surface area contributed by atoms with Gasteiger partial charge < -0.3 is 10.3 Å². The molecule has 1 unspecified atom stereocenters. The molecule has 0 amide bonds. The number of nitrogens with one attached hydrogen (secondary N) is 1. The largest absolute Gasteiger partial charge is 0.335 e. The van der Waals surface area contributed by atoms with Gasteiger partial charge >= 0.3 is 8.25 Å². The van der Waals surface area contributed by atoms with E-state index in [1.165, 1.54) is 0 Å². The Morgan fingerprint density at radius 2 is 2.23 bits per heavy atom. The molecule has 0 heterocycles. The molecule has 5 nitrogen and oxygen atoms in total. The first-order valence-electron chi connectivity index (χ1n) is 4.57. The summed E-state index contributed by atoms with van der Waals surface area (Å²) in [6, 6.07) is 0. The maximum Gasteiger partial charge on any atom is 0.335 e. The average Bonchev–Trinajstić information content (AvgIpc) is 2.13. The molecule has 0 radical (unpaired) electrons. The normalized spacial score (nSPS) is 13.1. The summed E-state index contributed by atoms with van der Waals surface area (Å²) in [5.74, 6) is 0. The van der Waals surface area contributed by atoms with Crippen LogP contribution in [0.2, 0.25) is 0 Å². The molecule has 0 aliphatic rings. The standard InChI is InChI=1S/C7H19N2O3P/c1-2-3-4-7-11-13(10)12-9-6-5-8/h9,13H,2-8H2,1H3. The molecule has 0 aliphatic heterocycles. The van der Waals surface area contributed by atoms with Crippen LogP contribution in [0, 0.1) is 0 Å². The van der Waals surface area contributed by atoms with Crippen molar-refractivity contribution in [3.63, 3.8) is 0 Å². The summed E-state index contributed by atoms with van der Waals surface area (Å²) >= 11 is 0. The third-order valence-electron chi connectivity index (χ3n) is 1.37. The Morgan fingerprint density at radius 3 is 2.85 bits per heavy atom. The third-order valence-corrected chi connectivity index (χ3v) is 2.12. The van der Waals surface area contributed by atoms with Crippen molar-refractivity contribution in [3.8, 4) is 0 Å². The summed E-state index contributed by atoms with van der Waals surface area (Å²) < 4.78 is 20.5. The molecule has 0 fully saturated rings. The van der Waals surface area contributed by atoms with E-state index in [-0.39, 0.29) is 0 Å². The lowest BCUT2D eigenvalue weighted by molar-refractivity contribution is 0.157. The first-order valence-corrected chi connectivity index (χ1v) is 5.80. The molecule has 0 spiro atoms. The van der Waals surface area contributed by atoms with Crippen LogP contribution in [0.25, 0.3) is 0 Å². The minimum absolute atomic E-state index is 0.449. The Morgan fingerprint density at radius 1 is 1.46 bits per heavy atom. The Bertz CT molecular complexity index is 135. The molecule has 0 saturated heterocycles. The van der Waals surface area contributed by atoms with Crippen LogP contribution in [0.4, 0.5) is 0 Å².